The fourth-order valence-electron chi connectivity index (χ4n) is 3.41. The number of nitrogens with zero attached hydrogens (tertiary/aromatic N) is 2. The Kier molecular flexibility index (Phi) is 3.96. The number of aromatic nitrogens is 1. The van der Waals surface area contributed by atoms with E-state index >= 15 is 0 Å². The van der Waals surface area contributed by atoms with Crippen molar-refractivity contribution in [2.45, 2.75) is 44.8 Å². The van der Waals surface area contributed by atoms with Gasteiger partial charge in [0.05, 0.1) is 5.60 Å². The lowest BCUT2D eigenvalue weighted by molar-refractivity contribution is 0.0215. The number of likely N-dealkylation sites (tertiary alicyclic amines) is 1. The van der Waals surface area contributed by atoms with Gasteiger partial charge in [-0.15, -0.1) is 0 Å². The van der Waals surface area contributed by atoms with Crippen molar-refractivity contribution in [1.82, 2.24) is 9.88 Å². The third-order valence-electron chi connectivity index (χ3n) is 4.75. The first-order valence-corrected chi connectivity index (χ1v) is 7.90. The van der Waals surface area contributed by atoms with Gasteiger partial charge < -0.3 is 10.0 Å². The van der Waals surface area contributed by atoms with Gasteiger partial charge in [-0.25, -0.2) is 0 Å². The Morgan fingerprint density at radius 2 is 1.95 bits per heavy atom. The Balaban J connectivity index is 1.97. The molecular formula is C18H24N2O. The number of benzene rings is 1. The average Bonchev–Trinajstić information content (AvgIpc) is 2.69. The fraction of sp³-hybridized carbons (Fsp3) is 0.500. The Morgan fingerprint density at radius 1 is 1.14 bits per heavy atom. The van der Waals surface area contributed by atoms with Crippen LogP contribution >= 0.6 is 0 Å². The highest BCUT2D eigenvalue weighted by Crippen LogP contribution is 2.36. The van der Waals surface area contributed by atoms with Gasteiger partial charge in [0, 0.05) is 35.9 Å². The summed E-state index contributed by atoms with van der Waals surface area (Å²) in [6.07, 6.45) is 6.34. The van der Waals surface area contributed by atoms with Gasteiger partial charge in [0.2, 0.25) is 0 Å². The molecule has 1 aliphatic rings. The van der Waals surface area contributed by atoms with Crippen LogP contribution in [0.4, 0.5) is 0 Å². The predicted octanol–water partition coefficient (Wildman–Crippen LogP) is 3.32. The second kappa shape index (κ2) is 5.74. The molecule has 1 fully saturated rings. The predicted molar refractivity (Wildman–Crippen MR) is 86.2 cm³/mol. The second-order valence-corrected chi connectivity index (χ2v) is 6.42. The minimum atomic E-state index is -0.752. The van der Waals surface area contributed by atoms with Crippen LogP contribution in [0.2, 0.25) is 0 Å². The van der Waals surface area contributed by atoms with E-state index in [1.54, 1.807) is 0 Å². The Bertz CT molecular complexity index is 620. The average molecular weight is 284 g/mol. The molecular weight excluding hydrogens is 260 g/mol. The molecule has 1 aromatic carbocycles. The van der Waals surface area contributed by atoms with Gasteiger partial charge in [0.15, 0.2) is 0 Å². The van der Waals surface area contributed by atoms with Gasteiger partial charge in [-0.3, -0.25) is 4.98 Å². The summed E-state index contributed by atoms with van der Waals surface area (Å²) < 4.78 is 0. The Hall–Kier alpha value is -1.45. The molecule has 1 aliphatic heterocycles. The highest BCUT2D eigenvalue weighted by atomic mass is 16.3. The van der Waals surface area contributed by atoms with Crippen LogP contribution in [0.5, 0.6) is 0 Å². The molecule has 112 valence electrons. The summed E-state index contributed by atoms with van der Waals surface area (Å²) in [5, 5.41) is 13.5. The van der Waals surface area contributed by atoms with E-state index in [1.807, 2.05) is 24.5 Å². The molecule has 3 nitrogen and oxygen atoms in total. The molecule has 0 aliphatic carbocycles. The van der Waals surface area contributed by atoms with Crippen molar-refractivity contribution in [3.63, 3.8) is 0 Å². The molecule has 0 saturated carbocycles. The molecule has 1 saturated heterocycles. The molecule has 1 atom stereocenters. The summed E-state index contributed by atoms with van der Waals surface area (Å²) >= 11 is 0. The van der Waals surface area contributed by atoms with E-state index in [-0.39, 0.29) is 0 Å². The number of pyridine rings is 1. The van der Waals surface area contributed by atoms with Crippen molar-refractivity contribution < 1.29 is 5.11 Å². The first kappa shape index (κ1) is 14.5. The maximum atomic E-state index is 11.3. The second-order valence-electron chi connectivity index (χ2n) is 6.42. The zero-order chi connectivity index (χ0) is 14.9. The van der Waals surface area contributed by atoms with E-state index < -0.39 is 5.60 Å². The van der Waals surface area contributed by atoms with Gasteiger partial charge in [-0.2, -0.15) is 0 Å². The van der Waals surface area contributed by atoms with Crippen LogP contribution in [0.3, 0.4) is 0 Å². The smallest absolute Gasteiger partial charge is 0.0930 e. The Labute approximate surface area is 126 Å². The molecule has 21 heavy (non-hydrogen) atoms. The topological polar surface area (TPSA) is 36.4 Å². The minimum absolute atomic E-state index is 0.540. The van der Waals surface area contributed by atoms with Crippen molar-refractivity contribution in [2.75, 3.05) is 13.1 Å². The van der Waals surface area contributed by atoms with Gasteiger partial charge >= 0.3 is 0 Å². The summed E-state index contributed by atoms with van der Waals surface area (Å²) in [7, 11) is 0. The first-order chi connectivity index (χ1) is 10.1. The van der Waals surface area contributed by atoms with E-state index in [9.17, 15) is 5.11 Å². The van der Waals surface area contributed by atoms with Gasteiger partial charge in [-0.1, -0.05) is 24.3 Å². The van der Waals surface area contributed by atoms with Crippen LogP contribution in [-0.4, -0.2) is 34.1 Å². The van der Waals surface area contributed by atoms with Crippen LogP contribution in [0.25, 0.3) is 10.8 Å². The molecule has 0 bridgehead atoms. The van der Waals surface area contributed by atoms with Gasteiger partial charge in [0.25, 0.3) is 0 Å². The van der Waals surface area contributed by atoms with Crippen molar-refractivity contribution >= 4 is 10.8 Å². The number of aliphatic hydroxyl groups is 1. The minimum Gasteiger partial charge on any atom is -0.385 e. The molecule has 0 amide bonds. The van der Waals surface area contributed by atoms with E-state index in [1.165, 1.54) is 0 Å². The highest BCUT2D eigenvalue weighted by Gasteiger charge is 2.33. The molecule has 1 N–H and O–H groups in total. The van der Waals surface area contributed by atoms with E-state index in [0.717, 1.165) is 48.7 Å². The molecule has 0 radical (unpaired) electrons. The van der Waals surface area contributed by atoms with E-state index in [2.05, 4.69) is 35.9 Å². The van der Waals surface area contributed by atoms with E-state index in [4.69, 9.17) is 0 Å². The largest absolute Gasteiger partial charge is 0.385 e. The third-order valence-corrected chi connectivity index (χ3v) is 4.75. The third kappa shape index (κ3) is 2.81. The fourth-order valence-corrected chi connectivity index (χ4v) is 3.41. The molecule has 3 rings (SSSR count). The lowest BCUT2D eigenvalue weighted by Gasteiger charge is -2.29. The van der Waals surface area contributed by atoms with Crippen molar-refractivity contribution in [2.24, 2.45) is 0 Å². The van der Waals surface area contributed by atoms with E-state index in [0.29, 0.717) is 6.04 Å². The number of hydrogen-bond acceptors (Lipinski definition) is 3. The molecule has 1 unspecified atom stereocenters. The van der Waals surface area contributed by atoms with Gasteiger partial charge in [-0.05, 0) is 45.0 Å². The van der Waals surface area contributed by atoms with Crippen molar-refractivity contribution in [3.05, 3.63) is 42.2 Å². The number of rotatable bonds is 2. The molecule has 2 heterocycles. The normalized spacial score (nSPS) is 24.4. The zero-order valence-electron chi connectivity index (χ0n) is 12.9. The Morgan fingerprint density at radius 3 is 2.76 bits per heavy atom. The van der Waals surface area contributed by atoms with Crippen molar-refractivity contribution in [1.29, 1.82) is 0 Å². The maximum absolute atomic E-state index is 11.3. The zero-order valence-corrected chi connectivity index (χ0v) is 12.9. The summed E-state index contributed by atoms with van der Waals surface area (Å²) in [5.74, 6) is 0. The lowest BCUT2D eigenvalue weighted by Crippen LogP contribution is -2.33. The lowest BCUT2D eigenvalue weighted by atomic mass is 9.85. The highest BCUT2D eigenvalue weighted by molar-refractivity contribution is 5.85. The summed E-state index contributed by atoms with van der Waals surface area (Å²) in [4.78, 5) is 6.80. The van der Waals surface area contributed by atoms with Crippen LogP contribution in [-0.2, 0) is 5.60 Å². The monoisotopic (exact) mass is 284 g/mol. The van der Waals surface area contributed by atoms with Crippen molar-refractivity contribution in [3.8, 4) is 0 Å². The summed E-state index contributed by atoms with van der Waals surface area (Å²) in [6, 6.07) is 8.75. The maximum Gasteiger partial charge on any atom is 0.0930 e. The number of fused-ring (bicyclic) bond motifs is 1. The summed E-state index contributed by atoms with van der Waals surface area (Å²) in [5.41, 5.74) is 0.239. The van der Waals surface area contributed by atoms with Crippen LogP contribution in [0.1, 0.15) is 38.7 Å². The first-order valence-electron chi connectivity index (χ1n) is 7.90. The summed E-state index contributed by atoms with van der Waals surface area (Å²) in [6.45, 7) is 6.46. The van der Waals surface area contributed by atoms with Crippen LogP contribution in [0, 0.1) is 0 Å². The molecule has 3 heteroatoms. The van der Waals surface area contributed by atoms with Crippen LogP contribution in [0.15, 0.2) is 36.7 Å². The molecule has 2 aromatic rings. The molecule has 0 spiro atoms. The van der Waals surface area contributed by atoms with Crippen LogP contribution < -0.4 is 0 Å². The number of hydrogen-bond donors (Lipinski definition) is 1. The van der Waals surface area contributed by atoms with Gasteiger partial charge in [0.1, 0.15) is 0 Å². The SMILES string of the molecule is CC(C)N1CCCC(O)(c2cncc3ccccc23)CC1. The standard InChI is InChI=1S/C18H24N2O/c1-14(2)20-10-5-8-18(21,9-11-20)17-13-19-12-15-6-3-4-7-16(15)17/h3-4,6-7,12-14,21H,5,8-11H2,1-2H3. The molecule has 1 aromatic heterocycles. The quantitative estimate of drug-likeness (QED) is 0.919.